The van der Waals surface area contributed by atoms with Crippen LogP contribution in [0.5, 0.6) is 0 Å². The minimum Gasteiger partial charge on any atom is -0.383 e. The highest BCUT2D eigenvalue weighted by atomic mass is 32.2. The van der Waals surface area contributed by atoms with Crippen LogP contribution in [0.1, 0.15) is 43.3 Å². The van der Waals surface area contributed by atoms with Crippen LogP contribution < -0.4 is 11.3 Å². The first-order valence-electron chi connectivity index (χ1n) is 6.13. The number of aromatic nitrogens is 2. The molecule has 6 heteroatoms. The van der Waals surface area contributed by atoms with Crippen LogP contribution in [0.15, 0.2) is 4.79 Å². The Morgan fingerprint density at radius 2 is 2.06 bits per heavy atom. The van der Waals surface area contributed by atoms with E-state index in [1.807, 2.05) is 37.4 Å². The summed E-state index contributed by atoms with van der Waals surface area (Å²) < 4.78 is 0. The second-order valence-electron chi connectivity index (χ2n) is 4.77. The van der Waals surface area contributed by atoms with E-state index in [1.54, 1.807) is 0 Å². The van der Waals surface area contributed by atoms with Gasteiger partial charge in [-0.05, 0) is 5.92 Å². The third-order valence-corrected chi connectivity index (χ3v) is 6.14. The molecular formula is C12H19N3OS2. The Morgan fingerprint density at radius 3 is 2.61 bits per heavy atom. The normalized spacial score (nSPS) is 24.4. The fourth-order valence-corrected chi connectivity index (χ4v) is 4.85. The minimum atomic E-state index is -0.0872. The number of anilines is 1. The zero-order valence-corrected chi connectivity index (χ0v) is 12.5. The number of H-pyrrole nitrogens is 1. The maximum atomic E-state index is 12.1. The van der Waals surface area contributed by atoms with Gasteiger partial charge in [0.15, 0.2) is 0 Å². The van der Waals surface area contributed by atoms with Crippen LogP contribution in [-0.2, 0) is 0 Å². The first-order chi connectivity index (χ1) is 8.50. The summed E-state index contributed by atoms with van der Waals surface area (Å²) in [6, 6.07) is 0. The molecule has 0 radical (unpaired) electrons. The summed E-state index contributed by atoms with van der Waals surface area (Å²) in [4.78, 5) is 19.4. The van der Waals surface area contributed by atoms with Gasteiger partial charge in [0.25, 0.3) is 5.56 Å². The Hall–Kier alpha value is -0.620. The fourth-order valence-electron chi connectivity index (χ4n) is 2.14. The smallest absolute Gasteiger partial charge is 0.256 e. The molecule has 18 heavy (non-hydrogen) atoms. The summed E-state index contributed by atoms with van der Waals surface area (Å²) in [7, 11) is 0. The summed E-state index contributed by atoms with van der Waals surface area (Å²) in [5.41, 5.74) is 6.44. The van der Waals surface area contributed by atoms with Crippen molar-refractivity contribution in [2.75, 3.05) is 17.2 Å². The molecule has 3 N–H and O–H groups in total. The summed E-state index contributed by atoms with van der Waals surface area (Å²) >= 11 is 3.77. The molecular weight excluding hydrogens is 266 g/mol. The van der Waals surface area contributed by atoms with Gasteiger partial charge in [-0.15, -0.1) is 11.8 Å². The molecule has 1 aliphatic heterocycles. The summed E-state index contributed by atoms with van der Waals surface area (Å²) in [6.07, 6.45) is 0. The molecule has 0 amide bonds. The van der Waals surface area contributed by atoms with Crippen molar-refractivity contribution < 1.29 is 0 Å². The molecule has 0 saturated carbocycles. The van der Waals surface area contributed by atoms with Crippen LogP contribution >= 0.6 is 23.5 Å². The molecule has 0 bridgehead atoms. The van der Waals surface area contributed by atoms with Crippen molar-refractivity contribution in [2.24, 2.45) is 0 Å². The quantitative estimate of drug-likeness (QED) is 0.873. The number of hydrogen-bond donors (Lipinski definition) is 2. The van der Waals surface area contributed by atoms with Crippen molar-refractivity contribution in [3.63, 3.8) is 0 Å². The van der Waals surface area contributed by atoms with Gasteiger partial charge in [0.2, 0.25) is 0 Å². The van der Waals surface area contributed by atoms with Gasteiger partial charge in [-0.3, -0.25) is 4.79 Å². The Kier molecular flexibility index (Phi) is 4.27. The zero-order chi connectivity index (χ0) is 13.3. The Balaban J connectivity index is 2.38. The standard InChI is InChI=1S/C12H19N3OS2/c1-6(2)8-10(13)14-11(15-12(8)16)9-7(3)17-4-5-18-9/h6-7,9H,4-5H2,1-3H3,(H3,13,14,15,16). The molecule has 1 aromatic heterocycles. The predicted molar refractivity (Wildman–Crippen MR) is 80.5 cm³/mol. The number of nitrogens with two attached hydrogens (primary N) is 1. The van der Waals surface area contributed by atoms with Gasteiger partial charge in [-0.2, -0.15) is 11.8 Å². The fraction of sp³-hybridized carbons (Fsp3) is 0.667. The number of hydrogen-bond acceptors (Lipinski definition) is 5. The van der Waals surface area contributed by atoms with Gasteiger partial charge in [0.05, 0.1) is 10.8 Å². The van der Waals surface area contributed by atoms with E-state index in [0.29, 0.717) is 16.6 Å². The van der Waals surface area contributed by atoms with Crippen molar-refractivity contribution in [3.8, 4) is 0 Å². The number of nitrogens with zero attached hydrogens (tertiary/aromatic N) is 1. The van der Waals surface area contributed by atoms with Crippen molar-refractivity contribution in [1.29, 1.82) is 0 Å². The van der Waals surface area contributed by atoms with E-state index in [0.717, 1.165) is 17.3 Å². The monoisotopic (exact) mass is 285 g/mol. The molecule has 1 aromatic rings. The number of aromatic amines is 1. The van der Waals surface area contributed by atoms with Gasteiger partial charge in [0, 0.05) is 16.8 Å². The largest absolute Gasteiger partial charge is 0.383 e. The molecule has 2 unspecified atom stereocenters. The van der Waals surface area contributed by atoms with Gasteiger partial charge in [-0.1, -0.05) is 20.8 Å². The first-order valence-corrected chi connectivity index (χ1v) is 8.23. The number of nitrogens with one attached hydrogen (secondary N) is 1. The van der Waals surface area contributed by atoms with E-state index in [9.17, 15) is 4.79 Å². The second kappa shape index (κ2) is 5.57. The lowest BCUT2D eigenvalue weighted by Crippen LogP contribution is -2.25. The van der Waals surface area contributed by atoms with E-state index >= 15 is 0 Å². The topological polar surface area (TPSA) is 71.8 Å². The lowest BCUT2D eigenvalue weighted by atomic mass is 10.1. The summed E-state index contributed by atoms with van der Waals surface area (Å²) in [5.74, 6) is 3.46. The number of nitrogen functional groups attached to an aromatic ring is 1. The van der Waals surface area contributed by atoms with Crippen molar-refractivity contribution >= 4 is 29.3 Å². The third-order valence-electron chi connectivity index (χ3n) is 3.04. The molecule has 0 spiro atoms. The van der Waals surface area contributed by atoms with E-state index < -0.39 is 0 Å². The Morgan fingerprint density at radius 1 is 1.39 bits per heavy atom. The van der Waals surface area contributed by atoms with Gasteiger partial charge >= 0.3 is 0 Å². The summed E-state index contributed by atoms with van der Waals surface area (Å²) in [5, 5.41) is 0.691. The van der Waals surface area contributed by atoms with Crippen LogP contribution in [0.25, 0.3) is 0 Å². The van der Waals surface area contributed by atoms with Gasteiger partial charge in [0.1, 0.15) is 11.6 Å². The van der Waals surface area contributed by atoms with E-state index in [4.69, 9.17) is 5.73 Å². The van der Waals surface area contributed by atoms with E-state index in [2.05, 4.69) is 16.9 Å². The Labute approximate surface area is 116 Å². The molecule has 0 aromatic carbocycles. The minimum absolute atomic E-state index is 0.0872. The van der Waals surface area contributed by atoms with Crippen molar-refractivity contribution in [3.05, 3.63) is 21.7 Å². The van der Waals surface area contributed by atoms with Crippen LogP contribution in [0.3, 0.4) is 0 Å². The molecule has 100 valence electrons. The SMILES string of the molecule is CC(C)c1c(N)nc(C2SCCSC2C)[nH]c1=O. The zero-order valence-electron chi connectivity index (χ0n) is 10.9. The molecule has 2 rings (SSSR count). The van der Waals surface area contributed by atoms with Gasteiger partial charge in [-0.25, -0.2) is 4.98 Å². The van der Waals surface area contributed by atoms with Crippen LogP contribution in [-0.4, -0.2) is 26.7 Å². The molecule has 1 saturated heterocycles. The predicted octanol–water partition coefficient (Wildman–Crippen LogP) is 2.39. The molecule has 0 aliphatic carbocycles. The van der Waals surface area contributed by atoms with E-state index in [-0.39, 0.29) is 16.7 Å². The highest BCUT2D eigenvalue weighted by molar-refractivity contribution is 8.06. The molecule has 1 aliphatic rings. The van der Waals surface area contributed by atoms with Crippen LogP contribution in [0, 0.1) is 0 Å². The van der Waals surface area contributed by atoms with Crippen molar-refractivity contribution in [2.45, 2.75) is 37.2 Å². The van der Waals surface area contributed by atoms with Crippen LogP contribution in [0.2, 0.25) is 0 Å². The average molecular weight is 285 g/mol. The molecule has 4 nitrogen and oxygen atoms in total. The highest BCUT2D eigenvalue weighted by Gasteiger charge is 2.27. The van der Waals surface area contributed by atoms with Crippen molar-refractivity contribution in [1.82, 2.24) is 9.97 Å². The molecule has 2 heterocycles. The third kappa shape index (κ3) is 2.69. The summed E-state index contributed by atoms with van der Waals surface area (Å²) in [6.45, 7) is 6.08. The average Bonchev–Trinajstić information content (AvgIpc) is 2.27. The van der Waals surface area contributed by atoms with E-state index in [1.165, 1.54) is 0 Å². The molecule has 1 fully saturated rings. The maximum Gasteiger partial charge on any atom is 0.256 e. The van der Waals surface area contributed by atoms with Gasteiger partial charge < -0.3 is 10.7 Å². The first kappa shape index (κ1) is 13.8. The molecule has 2 atom stereocenters. The Bertz CT molecular complexity index is 487. The lowest BCUT2D eigenvalue weighted by molar-refractivity contribution is 0.780. The lowest BCUT2D eigenvalue weighted by Gasteiger charge is -2.27. The number of thioether (sulfide) groups is 2. The highest BCUT2D eigenvalue weighted by Crippen LogP contribution is 2.40. The van der Waals surface area contributed by atoms with Crippen LogP contribution in [0.4, 0.5) is 5.82 Å². The second-order valence-corrected chi connectivity index (χ2v) is 7.51. The maximum absolute atomic E-state index is 12.1. The number of rotatable bonds is 2.